The Kier molecular flexibility index (Phi) is 9.34. The Balaban J connectivity index is 1.53. The maximum Gasteiger partial charge on any atom is 0.436 e. The summed E-state index contributed by atoms with van der Waals surface area (Å²) in [4.78, 5) is 26.4. The van der Waals surface area contributed by atoms with Crippen molar-refractivity contribution in [3.05, 3.63) is 118 Å². The molecule has 4 aromatic rings. The minimum Gasteiger partial charge on any atom is -0.478 e. The first-order chi connectivity index (χ1) is 22.1. The lowest BCUT2D eigenvalue weighted by atomic mass is 10.0. The number of halogens is 6. The van der Waals surface area contributed by atoms with Crippen LogP contribution < -0.4 is 10.2 Å². The van der Waals surface area contributed by atoms with E-state index < -0.39 is 59.2 Å². The number of anilines is 1. The van der Waals surface area contributed by atoms with Gasteiger partial charge in [0.05, 0.1) is 42.5 Å². The molecule has 14 heteroatoms. The van der Waals surface area contributed by atoms with Crippen LogP contribution in [0.5, 0.6) is 0 Å². The first kappa shape index (κ1) is 33.5. The van der Waals surface area contributed by atoms with E-state index in [2.05, 4.69) is 10.4 Å². The lowest BCUT2D eigenvalue weighted by Gasteiger charge is -2.27. The van der Waals surface area contributed by atoms with E-state index in [-0.39, 0.29) is 36.7 Å². The number of rotatable bonds is 10. The highest BCUT2D eigenvalue weighted by Gasteiger charge is 2.48. The summed E-state index contributed by atoms with van der Waals surface area (Å²) >= 11 is 0. The zero-order valence-corrected chi connectivity index (χ0v) is 25.1. The molecule has 0 saturated heterocycles. The van der Waals surface area contributed by atoms with Gasteiger partial charge in [-0.3, -0.25) is 4.79 Å². The van der Waals surface area contributed by atoms with E-state index >= 15 is 0 Å². The maximum absolute atomic E-state index is 14.5. The molecule has 2 N–H and O–H groups in total. The van der Waals surface area contributed by atoms with Crippen molar-refractivity contribution in [3.8, 4) is 0 Å². The van der Waals surface area contributed by atoms with Crippen LogP contribution in [0.15, 0.2) is 78.9 Å². The van der Waals surface area contributed by atoms with Gasteiger partial charge in [0.15, 0.2) is 5.69 Å². The predicted molar refractivity (Wildman–Crippen MR) is 159 cm³/mol. The normalized spacial score (nSPS) is 17.0. The summed E-state index contributed by atoms with van der Waals surface area (Å²) in [5.41, 5.74) is -1.75. The molecule has 3 atom stereocenters. The maximum atomic E-state index is 14.5. The average Bonchev–Trinajstić information content (AvgIpc) is 3.53. The van der Waals surface area contributed by atoms with Crippen LogP contribution in [0.4, 0.5) is 32.2 Å². The van der Waals surface area contributed by atoms with Gasteiger partial charge in [-0.15, -0.1) is 0 Å². The van der Waals surface area contributed by atoms with Gasteiger partial charge in [0, 0.05) is 6.54 Å². The molecule has 0 radical (unpaired) electrons. The zero-order chi connectivity index (χ0) is 34.1. The molecule has 3 aromatic carbocycles. The number of fused-ring (bicyclic) bond motifs is 1. The van der Waals surface area contributed by atoms with E-state index in [0.29, 0.717) is 5.56 Å². The van der Waals surface area contributed by atoms with Crippen molar-refractivity contribution >= 4 is 17.7 Å². The molecule has 248 valence electrons. The van der Waals surface area contributed by atoms with Gasteiger partial charge in [0.1, 0.15) is 11.4 Å². The quantitative estimate of drug-likeness (QED) is 0.174. The van der Waals surface area contributed by atoms with Crippen LogP contribution in [0.3, 0.4) is 0 Å². The van der Waals surface area contributed by atoms with Crippen LogP contribution in [0, 0.1) is 0 Å². The highest BCUT2D eigenvalue weighted by molar-refractivity contribution is 6.01. The Morgan fingerprint density at radius 2 is 1.60 bits per heavy atom. The number of hydrogen-bond donors (Lipinski definition) is 2. The van der Waals surface area contributed by atoms with Crippen molar-refractivity contribution in [3.63, 3.8) is 0 Å². The van der Waals surface area contributed by atoms with E-state index in [1.54, 1.807) is 19.1 Å². The van der Waals surface area contributed by atoms with Gasteiger partial charge in [-0.2, -0.15) is 31.4 Å². The molecule has 2 heterocycles. The standard InChI is InChI=1S/C33H30F6N4O4/c1-19(23-11-13-24(14-12-23)31(45)46)40-29(44)27-28(33(37,38)39)41-43-26(18-47-17-21-7-4-3-5-8-21)20(2)42(30(27)43)16-22-9-6-10-25(15-22)32(34,35)36/h3-15,19-20,26H,16-18H2,1-2H3,(H,40,44)(H,45,46)/t19-,20-,26?/m0/s1. The van der Waals surface area contributed by atoms with Crippen molar-refractivity contribution in [1.82, 2.24) is 15.1 Å². The van der Waals surface area contributed by atoms with Crippen molar-refractivity contribution < 1.29 is 45.8 Å². The monoisotopic (exact) mass is 660 g/mol. The highest BCUT2D eigenvalue weighted by atomic mass is 19.4. The minimum absolute atomic E-state index is 0.0131. The Labute approximate surface area is 265 Å². The molecule has 0 spiro atoms. The number of ether oxygens (including phenoxy) is 1. The summed E-state index contributed by atoms with van der Waals surface area (Å²) in [6.45, 7) is 2.99. The van der Waals surface area contributed by atoms with Gasteiger partial charge in [-0.25, -0.2) is 9.48 Å². The van der Waals surface area contributed by atoms with E-state index in [9.17, 15) is 35.9 Å². The molecule has 8 nitrogen and oxygen atoms in total. The SMILES string of the molecule is C[C@H](NC(=O)c1c(C(F)(F)F)nn2c1N(Cc1cccc(C(F)(F)F)c1)[C@@H](C)C2COCc1ccccc1)c1ccc(C(=O)O)cc1. The first-order valence-corrected chi connectivity index (χ1v) is 14.5. The fraction of sp³-hybridized carbons (Fsp3) is 0.303. The molecule has 1 unspecified atom stereocenters. The fourth-order valence-corrected chi connectivity index (χ4v) is 5.55. The lowest BCUT2D eigenvalue weighted by Crippen LogP contribution is -2.36. The Morgan fingerprint density at radius 3 is 2.21 bits per heavy atom. The number of amides is 1. The van der Waals surface area contributed by atoms with Gasteiger partial charge in [-0.1, -0.05) is 54.6 Å². The summed E-state index contributed by atoms with van der Waals surface area (Å²) in [6.07, 6.45) is -9.70. The minimum atomic E-state index is -5.06. The number of aromatic carboxylic acids is 1. The lowest BCUT2D eigenvalue weighted by molar-refractivity contribution is -0.142. The topological polar surface area (TPSA) is 96.7 Å². The fourth-order valence-electron chi connectivity index (χ4n) is 5.55. The molecule has 1 amide bonds. The number of benzene rings is 3. The van der Waals surface area contributed by atoms with Gasteiger partial charge in [0.25, 0.3) is 5.91 Å². The van der Waals surface area contributed by atoms with Crippen molar-refractivity contribution in [2.24, 2.45) is 0 Å². The van der Waals surface area contributed by atoms with E-state index in [1.807, 2.05) is 18.2 Å². The smallest absolute Gasteiger partial charge is 0.436 e. The largest absolute Gasteiger partial charge is 0.478 e. The van der Waals surface area contributed by atoms with Gasteiger partial charge in [0.2, 0.25) is 0 Å². The molecular formula is C33H30F6N4O4. The summed E-state index contributed by atoms with van der Waals surface area (Å²) in [5, 5.41) is 15.6. The van der Waals surface area contributed by atoms with Gasteiger partial charge >= 0.3 is 18.3 Å². The molecular weight excluding hydrogens is 630 g/mol. The summed E-state index contributed by atoms with van der Waals surface area (Å²) in [7, 11) is 0. The van der Waals surface area contributed by atoms with E-state index in [4.69, 9.17) is 9.84 Å². The average molecular weight is 661 g/mol. The van der Waals surface area contributed by atoms with Crippen molar-refractivity contribution in [2.75, 3.05) is 11.5 Å². The number of carbonyl (C=O) groups is 2. The Bertz CT molecular complexity index is 1740. The molecule has 1 aliphatic rings. The molecule has 0 saturated carbocycles. The number of carbonyl (C=O) groups excluding carboxylic acids is 1. The molecule has 1 aliphatic heterocycles. The molecule has 0 fully saturated rings. The molecule has 5 rings (SSSR count). The summed E-state index contributed by atoms with van der Waals surface area (Å²) in [6, 6.07) is 16.7. The number of hydrogen-bond acceptors (Lipinski definition) is 5. The van der Waals surface area contributed by atoms with Crippen molar-refractivity contribution in [2.45, 2.75) is 57.5 Å². The van der Waals surface area contributed by atoms with Gasteiger partial charge in [-0.05, 0) is 54.8 Å². The van der Waals surface area contributed by atoms with Crippen LogP contribution in [-0.4, -0.2) is 39.4 Å². The second kappa shape index (κ2) is 13.1. The predicted octanol–water partition coefficient (Wildman–Crippen LogP) is 7.28. The van der Waals surface area contributed by atoms with E-state index in [0.717, 1.165) is 22.4 Å². The highest BCUT2D eigenvalue weighted by Crippen LogP contribution is 2.44. The number of carboxylic acid groups (broad SMARTS) is 1. The zero-order valence-electron chi connectivity index (χ0n) is 25.1. The third-order valence-electron chi connectivity index (χ3n) is 8.03. The Morgan fingerprint density at radius 1 is 0.936 bits per heavy atom. The number of aromatic nitrogens is 2. The molecule has 0 aliphatic carbocycles. The number of nitrogens with zero attached hydrogens (tertiary/aromatic N) is 3. The molecule has 0 bridgehead atoms. The van der Waals surface area contributed by atoms with Crippen LogP contribution in [0.2, 0.25) is 0 Å². The third-order valence-corrected chi connectivity index (χ3v) is 8.03. The van der Waals surface area contributed by atoms with Crippen LogP contribution in [-0.2, 0) is 30.2 Å². The van der Waals surface area contributed by atoms with E-state index in [1.165, 1.54) is 48.2 Å². The van der Waals surface area contributed by atoms with Gasteiger partial charge < -0.3 is 20.1 Å². The molecule has 47 heavy (non-hydrogen) atoms. The van der Waals surface area contributed by atoms with Crippen molar-refractivity contribution in [1.29, 1.82) is 0 Å². The summed E-state index contributed by atoms with van der Waals surface area (Å²) in [5.74, 6) is -2.49. The summed E-state index contributed by atoms with van der Waals surface area (Å²) < 4.78 is 91.0. The number of carboxylic acids is 1. The van der Waals surface area contributed by atoms with Crippen LogP contribution >= 0.6 is 0 Å². The second-order valence-corrected chi connectivity index (χ2v) is 11.2. The van der Waals surface area contributed by atoms with Crippen LogP contribution in [0.25, 0.3) is 0 Å². The number of nitrogens with one attached hydrogen (secondary N) is 1. The Hall–Kier alpha value is -4.85. The third kappa shape index (κ3) is 7.27. The number of alkyl halides is 6. The first-order valence-electron chi connectivity index (χ1n) is 14.5. The van der Waals surface area contributed by atoms with Crippen LogP contribution in [0.1, 0.15) is 74.6 Å². The second-order valence-electron chi connectivity index (χ2n) is 11.2. The molecule has 1 aromatic heterocycles.